The normalized spacial score (nSPS) is 19.2. The lowest BCUT2D eigenvalue weighted by molar-refractivity contribution is -0.119. The van der Waals surface area contributed by atoms with E-state index in [-0.39, 0.29) is 5.91 Å². The van der Waals surface area contributed by atoms with Gasteiger partial charge >= 0.3 is 0 Å². The highest BCUT2D eigenvalue weighted by molar-refractivity contribution is 6.35. The molecule has 0 radical (unpaired) electrons. The van der Waals surface area contributed by atoms with Gasteiger partial charge in [0, 0.05) is 37.6 Å². The van der Waals surface area contributed by atoms with Crippen molar-refractivity contribution < 1.29 is 4.79 Å². The summed E-state index contributed by atoms with van der Waals surface area (Å²) in [5.74, 6) is 0.601. The molecule has 1 unspecified atom stereocenters. The fraction of sp³-hybridized carbons (Fsp3) is 0.500. The van der Waals surface area contributed by atoms with Gasteiger partial charge in [-0.2, -0.15) is 0 Å². The zero-order valence-corrected chi connectivity index (χ0v) is 14.5. The molecule has 23 heavy (non-hydrogen) atoms. The average molecular weight is 334 g/mol. The molecule has 4 nitrogen and oxygen atoms in total. The number of amides is 1. The summed E-state index contributed by atoms with van der Waals surface area (Å²) in [5.41, 5.74) is 3.56. The van der Waals surface area contributed by atoms with E-state index in [0.29, 0.717) is 5.92 Å². The Morgan fingerprint density at radius 1 is 1.48 bits per heavy atom. The van der Waals surface area contributed by atoms with Crippen LogP contribution in [0, 0.1) is 12.8 Å². The monoisotopic (exact) mass is 333 g/mol. The highest BCUT2D eigenvalue weighted by atomic mass is 35.5. The molecule has 1 fully saturated rings. The van der Waals surface area contributed by atoms with E-state index in [0.717, 1.165) is 36.7 Å². The molecule has 0 spiro atoms. The number of halogens is 1. The molecule has 124 valence electrons. The number of carbonyl (C=O) groups is 1. The number of hydrogen-bond donors (Lipinski definition) is 2. The fourth-order valence-corrected chi connectivity index (χ4v) is 3.72. The van der Waals surface area contributed by atoms with Crippen LogP contribution in [0.3, 0.4) is 0 Å². The lowest BCUT2D eigenvalue weighted by Crippen LogP contribution is -2.40. The third-order valence-corrected chi connectivity index (χ3v) is 5.09. The fourth-order valence-electron chi connectivity index (χ4n) is 3.50. The lowest BCUT2D eigenvalue weighted by Gasteiger charge is -2.32. The topological polar surface area (TPSA) is 48.1 Å². The molecule has 5 heteroatoms. The Labute approximate surface area is 142 Å². The van der Waals surface area contributed by atoms with E-state index < -0.39 is 0 Å². The summed E-state index contributed by atoms with van der Waals surface area (Å²) in [4.78, 5) is 17.1. The van der Waals surface area contributed by atoms with Gasteiger partial charge in [-0.1, -0.05) is 23.7 Å². The smallest absolute Gasteiger partial charge is 0.216 e. The van der Waals surface area contributed by atoms with Gasteiger partial charge in [0.1, 0.15) is 0 Å². The van der Waals surface area contributed by atoms with Crippen molar-refractivity contribution in [1.82, 2.24) is 15.2 Å². The molecule has 2 aromatic rings. The van der Waals surface area contributed by atoms with Crippen molar-refractivity contribution in [3.05, 3.63) is 34.5 Å². The second kappa shape index (κ2) is 6.93. The number of rotatable bonds is 4. The van der Waals surface area contributed by atoms with Crippen molar-refractivity contribution in [3.8, 4) is 0 Å². The van der Waals surface area contributed by atoms with Gasteiger partial charge in [-0.25, -0.2) is 0 Å². The van der Waals surface area contributed by atoms with Crippen LogP contribution in [0.25, 0.3) is 10.9 Å². The maximum Gasteiger partial charge on any atom is 0.216 e. The first kappa shape index (κ1) is 16.3. The van der Waals surface area contributed by atoms with Crippen molar-refractivity contribution in [2.75, 3.05) is 19.6 Å². The van der Waals surface area contributed by atoms with Gasteiger partial charge in [-0.15, -0.1) is 0 Å². The zero-order chi connectivity index (χ0) is 16.4. The van der Waals surface area contributed by atoms with Gasteiger partial charge in [-0.3, -0.25) is 9.69 Å². The van der Waals surface area contributed by atoms with Crippen molar-refractivity contribution in [1.29, 1.82) is 0 Å². The van der Waals surface area contributed by atoms with E-state index >= 15 is 0 Å². The van der Waals surface area contributed by atoms with Crippen LogP contribution >= 0.6 is 11.6 Å². The molecule has 1 aromatic carbocycles. The van der Waals surface area contributed by atoms with Crippen molar-refractivity contribution >= 4 is 28.4 Å². The Morgan fingerprint density at radius 3 is 3.04 bits per heavy atom. The Kier molecular flexibility index (Phi) is 4.93. The third-order valence-electron chi connectivity index (χ3n) is 4.77. The largest absolute Gasteiger partial charge is 0.356 e. The number of nitrogens with zero attached hydrogens (tertiary/aromatic N) is 1. The summed E-state index contributed by atoms with van der Waals surface area (Å²) in [6.45, 7) is 7.57. The number of aromatic amines is 1. The minimum absolute atomic E-state index is 0.0585. The quantitative estimate of drug-likeness (QED) is 0.900. The van der Waals surface area contributed by atoms with Crippen molar-refractivity contribution in [3.63, 3.8) is 0 Å². The number of likely N-dealkylation sites (tertiary alicyclic amines) is 1. The molecular weight excluding hydrogens is 310 g/mol. The van der Waals surface area contributed by atoms with Gasteiger partial charge in [0.2, 0.25) is 5.91 Å². The summed E-state index contributed by atoms with van der Waals surface area (Å²) < 4.78 is 0. The minimum Gasteiger partial charge on any atom is -0.356 e. The summed E-state index contributed by atoms with van der Waals surface area (Å²) in [7, 11) is 0. The molecule has 2 N–H and O–H groups in total. The van der Waals surface area contributed by atoms with Crippen LogP contribution in [0.4, 0.5) is 0 Å². The van der Waals surface area contributed by atoms with Crippen LogP contribution in [-0.2, 0) is 11.3 Å². The highest BCUT2D eigenvalue weighted by Gasteiger charge is 2.21. The Balaban J connectivity index is 1.70. The summed E-state index contributed by atoms with van der Waals surface area (Å²) in [6, 6.07) is 6.04. The number of aromatic nitrogens is 1. The predicted molar refractivity (Wildman–Crippen MR) is 94.7 cm³/mol. The van der Waals surface area contributed by atoms with Crippen molar-refractivity contribution in [2.45, 2.75) is 33.2 Å². The van der Waals surface area contributed by atoms with E-state index in [1.54, 1.807) is 6.92 Å². The molecule has 0 saturated carbocycles. The molecule has 2 heterocycles. The number of para-hydroxylation sites is 1. The third kappa shape index (κ3) is 3.70. The molecular formula is C18H24ClN3O. The Hall–Kier alpha value is -1.52. The van der Waals surface area contributed by atoms with Crippen LogP contribution in [-0.4, -0.2) is 35.4 Å². The molecule has 3 rings (SSSR count). The van der Waals surface area contributed by atoms with Crippen LogP contribution in [0.2, 0.25) is 5.02 Å². The Bertz CT molecular complexity index is 710. The number of piperidine rings is 1. The second-order valence-electron chi connectivity index (χ2n) is 6.57. The van der Waals surface area contributed by atoms with Gasteiger partial charge < -0.3 is 10.3 Å². The molecule has 1 aliphatic heterocycles. The summed E-state index contributed by atoms with van der Waals surface area (Å²) >= 11 is 6.29. The molecule has 1 aromatic heterocycles. The lowest BCUT2D eigenvalue weighted by atomic mass is 9.97. The maximum absolute atomic E-state index is 11.1. The van der Waals surface area contributed by atoms with Crippen LogP contribution in [0.15, 0.2) is 18.2 Å². The van der Waals surface area contributed by atoms with Gasteiger partial charge in [0.25, 0.3) is 0 Å². The van der Waals surface area contributed by atoms with Crippen LogP contribution < -0.4 is 5.32 Å². The number of carbonyl (C=O) groups excluding carboxylic acids is 1. The van der Waals surface area contributed by atoms with E-state index in [9.17, 15) is 4.79 Å². The van der Waals surface area contributed by atoms with Crippen LogP contribution in [0.5, 0.6) is 0 Å². The average Bonchev–Trinajstić information content (AvgIpc) is 2.84. The summed E-state index contributed by atoms with van der Waals surface area (Å²) in [6.07, 6.45) is 2.37. The first-order valence-electron chi connectivity index (χ1n) is 8.27. The number of fused-ring (bicyclic) bond motifs is 1. The minimum atomic E-state index is 0.0585. The SMILES string of the molecule is CC(=O)NCC1CCCN(Cc2[nH]c3c(Cl)cccc3c2C)C1. The standard InChI is InChI=1S/C18H24ClN3O/c1-12-15-6-3-7-16(19)18(15)21-17(12)11-22-8-4-5-14(10-22)9-20-13(2)23/h3,6-7,14,21H,4-5,8-11H2,1-2H3,(H,20,23). The Morgan fingerprint density at radius 2 is 2.30 bits per heavy atom. The van der Waals surface area contributed by atoms with E-state index in [4.69, 9.17) is 11.6 Å². The van der Waals surface area contributed by atoms with E-state index in [2.05, 4.69) is 28.2 Å². The maximum atomic E-state index is 11.1. The number of hydrogen-bond acceptors (Lipinski definition) is 2. The molecule has 1 aliphatic rings. The van der Waals surface area contributed by atoms with E-state index in [1.807, 2.05) is 12.1 Å². The molecule has 0 aliphatic carbocycles. The molecule has 1 amide bonds. The molecule has 1 atom stereocenters. The number of nitrogens with one attached hydrogen (secondary N) is 2. The first-order valence-corrected chi connectivity index (χ1v) is 8.65. The predicted octanol–water partition coefficient (Wildman–Crippen LogP) is 3.48. The molecule has 0 bridgehead atoms. The van der Waals surface area contributed by atoms with E-state index in [1.165, 1.54) is 29.5 Å². The number of benzene rings is 1. The second-order valence-corrected chi connectivity index (χ2v) is 6.98. The van der Waals surface area contributed by atoms with Crippen molar-refractivity contribution in [2.24, 2.45) is 5.92 Å². The van der Waals surface area contributed by atoms with Gasteiger partial charge in [0.15, 0.2) is 0 Å². The number of aryl methyl sites for hydroxylation is 1. The van der Waals surface area contributed by atoms with Gasteiger partial charge in [0.05, 0.1) is 10.5 Å². The van der Waals surface area contributed by atoms with Crippen LogP contribution in [0.1, 0.15) is 31.0 Å². The van der Waals surface area contributed by atoms with Gasteiger partial charge in [-0.05, 0) is 43.9 Å². The summed E-state index contributed by atoms with van der Waals surface area (Å²) in [5, 5.41) is 4.93. The highest BCUT2D eigenvalue weighted by Crippen LogP contribution is 2.29. The zero-order valence-electron chi connectivity index (χ0n) is 13.8. The first-order chi connectivity index (χ1) is 11.0. The molecule has 1 saturated heterocycles. The number of H-pyrrole nitrogens is 1.